The Morgan fingerprint density at radius 2 is 2.11 bits per heavy atom. The van der Waals surface area contributed by atoms with Crippen LogP contribution in [0, 0.1) is 5.82 Å². The summed E-state index contributed by atoms with van der Waals surface area (Å²) in [6, 6.07) is 1.21. The van der Waals surface area contributed by atoms with Gasteiger partial charge in [-0.05, 0) is 25.3 Å². The highest BCUT2D eigenvalue weighted by Gasteiger charge is 2.39. The number of fused-ring (bicyclic) bond motifs is 2. The SMILES string of the molecule is Fc1cc(C(F)(F)F)cnc1NC1CC2CCC1N2. The average Bonchev–Trinajstić information content (AvgIpc) is 2.92. The first kappa shape index (κ1) is 12.7. The Morgan fingerprint density at radius 3 is 2.63 bits per heavy atom. The van der Waals surface area contributed by atoms with E-state index in [1.54, 1.807) is 0 Å². The van der Waals surface area contributed by atoms with Gasteiger partial charge in [0.05, 0.1) is 5.56 Å². The van der Waals surface area contributed by atoms with Crippen molar-refractivity contribution < 1.29 is 17.6 Å². The predicted molar refractivity (Wildman–Crippen MR) is 61.2 cm³/mol. The van der Waals surface area contributed by atoms with Gasteiger partial charge in [-0.25, -0.2) is 9.37 Å². The van der Waals surface area contributed by atoms with Gasteiger partial charge < -0.3 is 10.6 Å². The van der Waals surface area contributed by atoms with Crippen LogP contribution in [0.3, 0.4) is 0 Å². The minimum Gasteiger partial charge on any atom is -0.363 e. The van der Waals surface area contributed by atoms with Crippen LogP contribution in [0.2, 0.25) is 0 Å². The molecule has 104 valence electrons. The van der Waals surface area contributed by atoms with Crippen LogP contribution in [0.15, 0.2) is 12.3 Å². The van der Waals surface area contributed by atoms with Gasteiger partial charge in [0.1, 0.15) is 0 Å². The molecule has 3 nitrogen and oxygen atoms in total. The van der Waals surface area contributed by atoms with Crippen LogP contribution < -0.4 is 10.6 Å². The van der Waals surface area contributed by atoms with Crippen molar-refractivity contribution in [1.29, 1.82) is 0 Å². The van der Waals surface area contributed by atoms with Crippen molar-refractivity contribution in [3.63, 3.8) is 0 Å². The Hall–Kier alpha value is -1.37. The molecule has 0 radical (unpaired) electrons. The van der Waals surface area contributed by atoms with E-state index in [9.17, 15) is 17.6 Å². The third-order valence-electron chi connectivity index (χ3n) is 3.79. The van der Waals surface area contributed by atoms with Crippen LogP contribution in [0.5, 0.6) is 0 Å². The van der Waals surface area contributed by atoms with Crippen molar-refractivity contribution in [2.24, 2.45) is 0 Å². The summed E-state index contributed by atoms with van der Waals surface area (Å²) in [5.74, 6) is -1.06. The highest BCUT2D eigenvalue weighted by Crippen LogP contribution is 2.32. The Labute approximate surface area is 107 Å². The van der Waals surface area contributed by atoms with Crippen molar-refractivity contribution >= 4 is 5.82 Å². The highest BCUT2D eigenvalue weighted by atomic mass is 19.4. The summed E-state index contributed by atoms with van der Waals surface area (Å²) in [5.41, 5.74) is -1.07. The molecule has 1 aromatic heterocycles. The minimum atomic E-state index is -4.57. The molecule has 0 amide bonds. The van der Waals surface area contributed by atoms with Crippen molar-refractivity contribution in [2.45, 2.75) is 43.6 Å². The van der Waals surface area contributed by atoms with Gasteiger partial charge in [0, 0.05) is 24.3 Å². The summed E-state index contributed by atoms with van der Waals surface area (Å²) in [6.07, 6.45) is -0.949. The second kappa shape index (κ2) is 4.33. The van der Waals surface area contributed by atoms with Crippen molar-refractivity contribution in [3.05, 3.63) is 23.6 Å². The molecule has 2 aliphatic heterocycles. The molecule has 3 heterocycles. The number of alkyl halides is 3. The predicted octanol–water partition coefficient (Wildman–Crippen LogP) is 2.54. The van der Waals surface area contributed by atoms with Crippen LogP contribution in [-0.4, -0.2) is 23.1 Å². The maximum atomic E-state index is 13.6. The van der Waals surface area contributed by atoms with Crippen LogP contribution in [0.4, 0.5) is 23.4 Å². The third-order valence-corrected chi connectivity index (χ3v) is 3.79. The largest absolute Gasteiger partial charge is 0.417 e. The Kier molecular flexibility index (Phi) is 2.88. The number of hydrogen-bond acceptors (Lipinski definition) is 3. The number of rotatable bonds is 2. The van der Waals surface area contributed by atoms with Crippen molar-refractivity contribution in [1.82, 2.24) is 10.3 Å². The lowest BCUT2D eigenvalue weighted by Gasteiger charge is -2.22. The molecule has 3 unspecified atom stereocenters. The first-order valence-electron chi connectivity index (χ1n) is 6.19. The lowest BCUT2D eigenvalue weighted by atomic mass is 9.95. The molecule has 19 heavy (non-hydrogen) atoms. The topological polar surface area (TPSA) is 37.0 Å². The molecular formula is C12H13F4N3. The van der Waals surface area contributed by atoms with E-state index in [0.29, 0.717) is 18.3 Å². The molecule has 3 atom stereocenters. The lowest BCUT2D eigenvalue weighted by molar-refractivity contribution is -0.138. The quantitative estimate of drug-likeness (QED) is 0.814. The molecular weight excluding hydrogens is 262 g/mol. The van der Waals surface area contributed by atoms with Gasteiger partial charge in [-0.1, -0.05) is 0 Å². The van der Waals surface area contributed by atoms with Crippen LogP contribution in [0.25, 0.3) is 0 Å². The molecule has 7 heteroatoms. The fourth-order valence-corrected chi connectivity index (χ4v) is 2.86. The summed E-state index contributed by atoms with van der Waals surface area (Å²) >= 11 is 0. The van der Waals surface area contributed by atoms with Gasteiger partial charge in [-0.15, -0.1) is 0 Å². The second-order valence-electron chi connectivity index (χ2n) is 5.09. The Morgan fingerprint density at radius 1 is 1.32 bits per heavy atom. The average molecular weight is 275 g/mol. The van der Waals surface area contributed by atoms with E-state index in [0.717, 1.165) is 19.3 Å². The van der Waals surface area contributed by atoms with Crippen molar-refractivity contribution in [3.8, 4) is 0 Å². The zero-order valence-corrected chi connectivity index (χ0v) is 9.97. The lowest BCUT2D eigenvalue weighted by Crippen LogP contribution is -2.34. The molecule has 2 saturated heterocycles. The molecule has 0 spiro atoms. The first-order chi connectivity index (χ1) is 8.93. The summed E-state index contributed by atoms with van der Waals surface area (Å²) < 4.78 is 50.8. The smallest absolute Gasteiger partial charge is 0.363 e. The van der Waals surface area contributed by atoms with Gasteiger partial charge in [0.2, 0.25) is 0 Å². The first-order valence-corrected chi connectivity index (χ1v) is 6.19. The van der Waals surface area contributed by atoms with E-state index in [4.69, 9.17) is 0 Å². The van der Waals surface area contributed by atoms with Crippen LogP contribution in [-0.2, 0) is 6.18 Å². The van der Waals surface area contributed by atoms with Crippen molar-refractivity contribution in [2.75, 3.05) is 5.32 Å². The number of halogens is 4. The zero-order valence-electron chi connectivity index (χ0n) is 9.97. The molecule has 2 bridgehead atoms. The number of pyridine rings is 1. The minimum absolute atomic E-state index is 0.0393. The molecule has 0 aliphatic carbocycles. The fourth-order valence-electron chi connectivity index (χ4n) is 2.86. The standard InChI is InChI=1S/C12H13F4N3/c13-8-3-6(12(14,15)16)5-17-11(8)19-10-4-7-1-2-9(10)18-7/h3,5,7,9-10,18H,1-2,4H2,(H,17,19). The Balaban J connectivity index is 1.75. The van der Waals surface area contributed by atoms with Gasteiger partial charge in [-0.2, -0.15) is 13.2 Å². The van der Waals surface area contributed by atoms with Gasteiger partial charge in [-0.3, -0.25) is 0 Å². The Bertz CT molecular complexity index is 488. The van der Waals surface area contributed by atoms with E-state index in [-0.39, 0.29) is 17.9 Å². The van der Waals surface area contributed by atoms with Gasteiger partial charge in [0.25, 0.3) is 0 Å². The van der Waals surface area contributed by atoms with E-state index in [1.165, 1.54) is 0 Å². The molecule has 0 aromatic carbocycles. The molecule has 2 N–H and O–H groups in total. The van der Waals surface area contributed by atoms with Gasteiger partial charge >= 0.3 is 6.18 Å². The second-order valence-corrected chi connectivity index (χ2v) is 5.09. The molecule has 3 rings (SSSR count). The highest BCUT2D eigenvalue weighted by molar-refractivity contribution is 5.40. The number of nitrogens with one attached hydrogen (secondary N) is 2. The molecule has 0 saturated carbocycles. The normalized spacial score (nSPS) is 29.8. The number of hydrogen-bond donors (Lipinski definition) is 2. The number of anilines is 1. The number of aromatic nitrogens is 1. The number of nitrogens with zero attached hydrogens (tertiary/aromatic N) is 1. The zero-order chi connectivity index (χ0) is 13.6. The molecule has 2 aliphatic rings. The fraction of sp³-hybridized carbons (Fsp3) is 0.583. The van der Waals surface area contributed by atoms with E-state index in [1.807, 2.05) is 0 Å². The van der Waals surface area contributed by atoms with E-state index < -0.39 is 17.6 Å². The maximum Gasteiger partial charge on any atom is 0.417 e. The monoisotopic (exact) mass is 275 g/mol. The van der Waals surface area contributed by atoms with E-state index >= 15 is 0 Å². The summed E-state index contributed by atoms with van der Waals surface area (Å²) in [7, 11) is 0. The van der Waals surface area contributed by atoms with Crippen LogP contribution >= 0.6 is 0 Å². The molecule has 2 fully saturated rings. The van der Waals surface area contributed by atoms with Crippen LogP contribution in [0.1, 0.15) is 24.8 Å². The van der Waals surface area contributed by atoms with E-state index in [2.05, 4.69) is 15.6 Å². The third kappa shape index (κ3) is 2.39. The molecule has 1 aromatic rings. The summed E-state index contributed by atoms with van der Waals surface area (Å²) in [4.78, 5) is 3.56. The maximum absolute atomic E-state index is 13.6. The van der Waals surface area contributed by atoms with Gasteiger partial charge in [0.15, 0.2) is 11.6 Å². The summed E-state index contributed by atoms with van der Waals surface area (Å²) in [6.45, 7) is 0. The summed E-state index contributed by atoms with van der Waals surface area (Å²) in [5, 5.41) is 6.26.